The van der Waals surface area contributed by atoms with Gasteiger partial charge in [0.2, 0.25) is 0 Å². The fraction of sp³-hybridized carbons (Fsp3) is 0.667. The van der Waals surface area contributed by atoms with Crippen LogP contribution in [0.1, 0.15) is 54.6 Å². The Hall–Kier alpha value is -1.07. The summed E-state index contributed by atoms with van der Waals surface area (Å²) in [6.45, 7) is 0.719. The standard InChI is InChI=1S/C15H20O4S/c16-14(17)13-12(5-9-20-13)19-11-4-8-18-15(10-11)6-2-1-3-7-15/h5,9,11H,1-4,6-8,10H2,(H,16,17). The number of carboxylic acids is 1. The fourth-order valence-electron chi connectivity index (χ4n) is 3.35. The van der Waals surface area contributed by atoms with Crippen molar-refractivity contribution in [2.45, 2.75) is 56.7 Å². The molecule has 2 aliphatic rings. The Morgan fingerprint density at radius 1 is 1.40 bits per heavy atom. The summed E-state index contributed by atoms with van der Waals surface area (Å²) < 4.78 is 12.0. The molecule has 1 N–H and O–H groups in total. The molecule has 1 aliphatic heterocycles. The van der Waals surface area contributed by atoms with Crippen LogP contribution in [0.25, 0.3) is 0 Å². The molecule has 1 aromatic heterocycles. The van der Waals surface area contributed by atoms with Crippen molar-refractivity contribution in [3.8, 4) is 5.75 Å². The SMILES string of the molecule is O=C(O)c1sccc1OC1CCOC2(CCCCC2)C1. The zero-order valence-corrected chi connectivity index (χ0v) is 12.3. The summed E-state index contributed by atoms with van der Waals surface area (Å²) in [5.74, 6) is -0.394. The van der Waals surface area contributed by atoms with Gasteiger partial charge in [-0.05, 0) is 24.3 Å². The molecule has 1 aromatic rings. The number of aromatic carboxylic acids is 1. The number of rotatable bonds is 3. The highest BCUT2D eigenvalue weighted by atomic mass is 32.1. The van der Waals surface area contributed by atoms with Gasteiger partial charge in [-0.25, -0.2) is 4.79 Å². The van der Waals surface area contributed by atoms with Crippen LogP contribution in [0.15, 0.2) is 11.4 Å². The molecule has 1 unspecified atom stereocenters. The van der Waals surface area contributed by atoms with Gasteiger partial charge >= 0.3 is 5.97 Å². The van der Waals surface area contributed by atoms with Crippen LogP contribution in [0.5, 0.6) is 5.75 Å². The van der Waals surface area contributed by atoms with E-state index in [1.165, 1.54) is 30.6 Å². The molecule has 3 rings (SSSR count). The zero-order valence-electron chi connectivity index (χ0n) is 11.5. The van der Waals surface area contributed by atoms with Gasteiger partial charge in [-0.1, -0.05) is 19.3 Å². The zero-order chi connectivity index (χ0) is 14.0. The van der Waals surface area contributed by atoms with E-state index >= 15 is 0 Å². The van der Waals surface area contributed by atoms with Crippen LogP contribution in [-0.2, 0) is 4.74 Å². The number of carboxylic acid groups (broad SMARTS) is 1. The average Bonchev–Trinajstić information content (AvgIpc) is 2.88. The van der Waals surface area contributed by atoms with Crippen LogP contribution >= 0.6 is 11.3 Å². The van der Waals surface area contributed by atoms with Crippen molar-refractivity contribution in [2.24, 2.45) is 0 Å². The molecule has 1 aliphatic carbocycles. The first-order chi connectivity index (χ1) is 9.69. The lowest BCUT2D eigenvalue weighted by molar-refractivity contribution is -0.129. The minimum Gasteiger partial charge on any atom is -0.488 e. The number of carbonyl (C=O) groups is 1. The van der Waals surface area contributed by atoms with Gasteiger partial charge in [0.15, 0.2) is 4.88 Å². The first kappa shape index (κ1) is 13.9. The van der Waals surface area contributed by atoms with Gasteiger partial charge in [-0.2, -0.15) is 0 Å². The summed E-state index contributed by atoms with van der Waals surface area (Å²) in [7, 11) is 0. The van der Waals surface area contributed by atoms with Crippen LogP contribution in [0.2, 0.25) is 0 Å². The van der Waals surface area contributed by atoms with Gasteiger partial charge in [-0.3, -0.25) is 0 Å². The number of hydrogen-bond donors (Lipinski definition) is 1. The van der Waals surface area contributed by atoms with E-state index < -0.39 is 5.97 Å². The molecule has 110 valence electrons. The summed E-state index contributed by atoms with van der Waals surface area (Å²) in [6.07, 6.45) is 7.79. The van der Waals surface area contributed by atoms with E-state index in [-0.39, 0.29) is 11.7 Å². The number of ether oxygens (including phenoxy) is 2. The van der Waals surface area contributed by atoms with Gasteiger partial charge < -0.3 is 14.6 Å². The largest absolute Gasteiger partial charge is 0.488 e. The minimum atomic E-state index is -0.908. The Balaban J connectivity index is 1.68. The van der Waals surface area contributed by atoms with Gasteiger partial charge in [0.1, 0.15) is 11.9 Å². The van der Waals surface area contributed by atoms with Crippen molar-refractivity contribution in [3.63, 3.8) is 0 Å². The first-order valence-corrected chi connectivity index (χ1v) is 8.18. The molecule has 0 bridgehead atoms. The number of thiophene rings is 1. The molecule has 1 saturated heterocycles. The van der Waals surface area contributed by atoms with E-state index in [1.54, 1.807) is 11.4 Å². The van der Waals surface area contributed by atoms with Crippen LogP contribution in [0.4, 0.5) is 0 Å². The molecule has 0 radical (unpaired) electrons. The Morgan fingerprint density at radius 2 is 2.20 bits per heavy atom. The summed E-state index contributed by atoms with van der Waals surface area (Å²) in [4.78, 5) is 11.4. The van der Waals surface area contributed by atoms with Crippen molar-refractivity contribution in [3.05, 3.63) is 16.3 Å². The number of hydrogen-bond acceptors (Lipinski definition) is 4. The fourth-order valence-corrected chi connectivity index (χ4v) is 4.01. The van der Waals surface area contributed by atoms with Crippen LogP contribution < -0.4 is 4.74 Å². The summed E-state index contributed by atoms with van der Waals surface area (Å²) in [5, 5.41) is 10.9. The summed E-state index contributed by atoms with van der Waals surface area (Å²) in [6, 6.07) is 1.76. The van der Waals surface area contributed by atoms with E-state index in [2.05, 4.69) is 0 Å². The van der Waals surface area contributed by atoms with Crippen molar-refractivity contribution < 1.29 is 19.4 Å². The maximum absolute atomic E-state index is 11.1. The Labute approximate surface area is 122 Å². The molecule has 0 aromatic carbocycles. The smallest absolute Gasteiger partial charge is 0.349 e. The van der Waals surface area contributed by atoms with Gasteiger partial charge in [0.25, 0.3) is 0 Å². The normalized spacial score (nSPS) is 25.5. The highest BCUT2D eigenvalue weighted by Gasteiger charge is 2.39. The molecule has 1 saturated carbocycles. The first-order valence-electron chi connectivity index (χ1n) is 7.30. The van der Waals surface area contributed by atoms with Crippen molar-refractivity contribution >= 4 is 17.3 Å². The third kappa shape index (κ3) is 2.83. The van der Waals surface area contributed by atoms with E-state index in [0.717, 1.165) is 32.3 Å². The summed E-state index contributed by atoms with van der Waals surface area (Å²) >= 11 is 1.22. The molecule has 20 heavy (non-hydrogen) atoms. The Bertz CT molecular complexity index is 470. The van der Waals surface area contributed by atoms with Crippen molar-refractivity contribution in [2.75, 3.05) is 6.61 Å². The van der Waals surface area contributed by atoms with Crippen molar-refractivity contribution in [1.82, 2.24) is 0 Å². The Kier molecular flexibility index (Phi) is 3.98. The highest BCUT2D eigenvalue weighted by molar-refractivity contribution is 7.12. The van der Waals surface area contributed by atoms with E-state index in [4.69, 9.17) is 14.6 Å². The molecular formula is C15H20O4S. The molecule has 5 heteroatoms. The second-order valence-electron chi connectivity index (χ2n) is 5.74. The molecule has 4 nitrogen and oxygen atoms in total. The topological polar surface area (TPSA) is 55.8 Å². The summed E-state index contributed by atoms with van der Waals surface area (Å²) in [5.41, 5.74) is -0.0133. The lowest BCUT2D eigenvalue weighted by atomic mass is 9.79. The van der Waals surface area contributed by atoms with Gasteiger partial charge in [-0.15, -0.1) is 11.3 Å². The lowest BCUT2D eigenvalue weighted by Gasteiger charge is -2.43. The molecule has 0 amide bonds. The highest BCUT2D eigenvalue weighted by Crippen LogP contribution is 2.40. The molecule has 2 fully saturated rings. The van der Waals surface area contributed by atoms with E-state index in [0.29, 0.717) is 10.6 Å². The van der Waals surface area contributed by atoms with E-state index in [1.807, 2.05) is 0 Å². The second-order valence-corrected chi connectivity index (χ2v) is 6.66. The van der Waals surface area contributed by atoms with E-state index in [9.17, 15) is 4.79 Å². The predicted molar refractivity (Wildman–Crippen MR) is 76.7 cm³/mol. The van der Waals surface area contributed by atoms with Gasteiger partial charge in [0.05, 0.1) is 12.2 Å². The molecule has 1 atom stereocenters. The maximum atomic E-state index is 11.1. The molecule has 1 spiro atoms. The monoisotopic (exact) mass is 296 g/mol. The second kappa shape index (κ2) is 5.74. The van der Waals surface area contributed by atoms with Crippen LogP contribution in [-0.4, -0.2) is 29.4 Å². The molecule has 2 heterocycles. The third-order valence-corrected chi connectivity index (χ3v) is 5.21. The Morgan fingerprint density at radius 3 is 2.95 bits per heavy atom. The average molecular weight is 296 g/mol. The lowest BCUT2D eigenvalue weighted by Crippen LogP contribution is -2.45. The minimum absolute atomic E-state index is 0.0133. The van der Waals surface area contributed by atoms with Gasteiger partial charge in [0, 0.05) is 12.8 Å². The predicted octanol–water partition coefficient (Wildman–Crippen LogP) is 3.71. The maximum Gasteiger partial charge on any atom is 0.349 e. The van der Waals surface area contributed by atoms with Crippen molar-refractivity contribution in [1.29, 1.82) is 0 Å². The quantitative estimate of drug-likeness (QED) is 0.924. The third-order valence-electron chi connectivity index (χ3n) is 4.33. The van der Waals surface area contributed by atoms with Crippen LogP contribution in [0, 0.1) is 0 Å². The molecular weight excluding hydrogens is 276 g/mol. The van der Waals surface area contributed by atoms with Crippen LogP contribution in [0.3, 0.4) is 0 Å².